The monoisotopic (exact) mass is 647 g/mol. The van der Waals surface area contributed by atoms with Crippen molar-refractivity contribution in [2.75, 3.05) is 0 Å². The Morgan fingerprint density at radius 3 is 2.50 bits per heavy atom. The third-order valence-corrected chi connectivity index (χ3v) is 6.09. The summed E-state index contributed by atoms with van der Waals surface area (Å²) in [5.74, 6) is -0.283. The van der Waals surface area contributed by atoms with E-state index in [0.29, 0.717) is 27.0 Å². The number of hydrogen-bond donors (Lipinski definition) is 0. The second-order valence-electron chi connectivity index (χ2n) is 7.50. The van der Waals surface area contributed by atoms with Crippen molar-refractivity contribution in [1.82, 2.24) is 9.97 Å². The Hall–Kier alpha value is -2.20. The van der Waals surface area contributed by atoms with Crippen molar-refractivity contribution in [3.63, 3.8) is 0 Å². The molecule has 1 aliphatic rings. The van der Waals surface area contributed by atoms with Crippen LogP contribution in [0.15, 0.2) is 54.7 Å². The van der Waals surface area contributed by atoms with Crippen LogP contribution in [0, 0.1) is 0 Å². The quantitative estimate of drug-likeness (QED) is 0.184. The van der Waals surface area contributed by atoms with Crippen LogP contribution in [0.1, 0.15) is 36.0 Å². The minimum atomic E-state index is -0.543. The Kier molecular flexibility index (Phi) is 6.99. The maximum Gasteiger partial charge on any atom is 0.344 e. The first-order chi connectivity index (χ1) is 15.1. The molecule has 2 aromatic carbocycles. The Bertz CT molecular complexity index is 1300. The minimum Gasteiger partial charge on any atom is -0.483 e. The van der Waals surface area contributed by atoms with Gasteiger partial charge in [0, 0.05) is 38.0 Å². The Morgan fingerprint density at radius 1 is 1.00 bits per heavy atom. The average molecular weight is 648 g/mol. The van der Waals surface area contributed by atoms with Gasteiger partial charge < -0.3 is 9.47 Å². The summed E-state index contributed by atoms with van der Waals surface area (Å²) in [6.07, 6.45) is 5.64. The van der Waals surface area contributed by atoms with Gasteiger partial charge in [-0.25, -0.2) is 9.78 Å². The zero-order valence-electron chi connectivity index (χ0n) is 16.8. The number of fused-ring (bicyclic) bond motifs is 3. The fraction of sp³-hybridized carbons (Fsp3) is 0.208. The molecule has 5 rings (SSSR count). The molecule has 0 bridgehead atoms. The molecular weight excluding hydrogens is 630 g/mol. The third-order valence-electron chi connectivity index (χ3n) is 5.43. The Labute approximate surface area is 209 Å². The molecule has 0 unspecified atom stereocenters. The van der Waals surface area contributed by atoms with E-state index in [-0.39, 0.29) is 43.8 Å². The van der Waals surface area contributed by atoms with E-state index in [9.17, 15) is 4.79 Å². The summed E-state index contributed by atoms with van der Waals surface area (Å²) in [4.78, 5) is 21.9. The van der Waals surface area contributed by atoms with Gasteiger partial charge in [-0.2, -0.15) is 0 Å². The molecule has 166 valence electrons. The summed E-state index contributed by atoms with van der Waals surface area (Å²) in [5.41, 5.74) is 1.48. The van der Waals surface area contributed by atoms with Crippen molar-refractivity contribution in [3.8, 4) is 11.6 Å². The predicted octanol–water partition coefficient (Wildman–Crippen LogP) is 6.63. The fourth-order valence-electron chi connectivity index (χ4n) is 3.91. The van der Waals surface area contributed by atoms with E-state index >= 15 is 0 Å². The van der Waals surface area contributed by atoms with Crippen LogP contribution < -0.4 is 9.47 Å². The summed E-state index contributed by atoms with van der Waals surface area (Å²) in [6, 6.07) is 14.2. The molecule has 0 atom stereocenters. The van der Waals surface area contributed by atoms with Crippen molar-refractivity contribution in [1.29, 1.82) is 0 Å². The van der Waals surface area contributed by atoms with Crippen LogP contribution in [-0.2, 0) is 21.1 Å². The van der Waals surface area contributed by atoms with Crippen molar-refractivity contribution in [2.45, 2.75) is 31.8 Å². The Morgan fingerprint density at radius 2 is 1.75 bits per heavy atom. The number of esters is 1. The van der Waals surface area contributed by atoms with Gasteiger partial charge in [0.25, 0.3) is 5.88 Å². The van der Waals surface area contributed by atoms with Gasteiger partial charge in [-0.15, -0.1) is 0 Å². The van der Waals surface area contributed by atoms with Gasteiger partial charge in [0.2, 0.25) is 5.75 Å². The van der Waals surface area contributed by atoms with E-state index in [4.69, 9.17) is 32.7 Å². The molecule has 2 heterocycles. The van der Waals surface area contributed by atoms with Gasteiger partial charge in [0.1, 0.15) is 5.52 Å². The standard InChI is InChI=1S/C24H18Cl2N2O3.Pt/c25-17-13-15-9-6-12-27-20(15)21-18(17)19(26)22(30-16-10-4-5-11-16)23(28-21)31-24(29)14-7-2-1-3-8-14;/h1-3,6-9,12-13,16H,4-5,10-11H2;. The molecule has 32 heavy (non-hydrogen) atoms. The normalized spacial score (nSPS) is 13.8. The van der Waals surface area contributed by atoms with Gasteiger partial charge in [-0.3, -0.25) is 4.98 Å². The largest absolute Gasteiger partial charge is 0.483 e. The second kappa shape index (κ2) is 9.74. The maximum absolute atomic E-state index is 12.8. The van der Waals surface area contributed by atoms with Crippen LogP contribution in [0.4, 0.5) is 0 Å². The molecule has 2 aromatic heterocycles. The number of aromatic nitrogens is 2. The maximum atomic E-state index is 12.8. The molecule has 5 nitrogen and oxygen atoms in total. The number of ether oxygens (including phenoxy) is 2. The summed E-state index contributed by atoms with van der Waals surface area (Å²) >= 11 is 13.4. The number of carbonyl (C=O) groups is 1. The summed E-state index contributed by atoms with van der Waals surface area (Å²) in [7, 11) is 0. The number of rotatable bonds is 4. The van der Waals surface area contributed by atoms with Crippen molar-refractivity contribution in [3.05, 3.63) is 70.3 Å². The molecule has 0 amide bonds. The van der Waals surface area contributed by atoms with Crippen molar-refractivity contribution >= 4 is 51.0 Å². The van der Waals surface area contributed by atoms with Gasteiger partial charge in [0.15, 0.2) is 0 Å². The fourth-order valence-corrected chi connectivity index (χ4v) is 4.58. The molecule has 0 saturated heterocycles. The van der Waals surface area contributed by atoms with Gasteiger partial charge in [0.05, 0.1) is 27.2 Å². The van der Waals surface area contributed by atoms with Gasteiger partial charge in [-0.1, -0.05) is 47.5 Å². The van der Waals surface area contributed by atoms with E-state index in [0.717, 1.165) is 31.1 Å². The molecule has 1 saturated carbocycles. The van der Waals surface area contributed by atoms with Gasteiger partial charge >= 0.3 is 5.97 Å². The van der Waals surface area contributed by atoms with E-state index < -0.39 is 5.97 Å². The van der Waals surface area contributed by atoms with Crippen LogP contribution in [0.5, 0.6) is 11.6 Å². The second-order valence-corrected chi connectivity index (χ2v) is 8.28. The Balaban J connectivity index is 0.00000245. The van der Waals surface area contributed by atoms with Crippen molar-refractivity contribution in [2.24, 2.45) is 0 Å². The number of benzene rings is 2. The number of halogens is 2. The first-order valence-electron chi connectivity index (χ1n) is 10.1. The number of hydrogen-bond acceptors (Lipinski definition) is 5. The van der Waals surface area contributed by atoms with Crippen molar-refractivity contribution < 1.29 is 35.3 Å². The summed E-state index contributed by atoms with van der Waals surface area (Å²) < 4.78 is 11.9. The van der Waals surface area contributed by atoms with Crippen LogP contribution in [0.25, 0.3) is 21.8 Å². The molecule has 0 radical (unpaired) electrons. The number of pyridine rings is 2. The molecule has 8 heteroatoms. The molecule has 0 N–H and O–H groups in total. The average Bonchev–Trinajstić information content (AvgIpc) is 3.30. The topological polar surface area (TPSA) is 61.3 Å². The van der Waals surface area contributed by atoms with Crippen LogP contribution >= 0.6 is 23.2 Å². The first kappa shape index (κ1) is 23.0. The van der Waals surface area contributed by atoms with Crippen LogP contribution in [-0.4, -0.2) is 22.0 Å². The minimum absolute atomic E-state index is 0. The van der Waals surface area contributed by atoms with E-state index in [1.54, 1.807) is 36.5 Å². The smallest absolute Gasteiger partial charge is 0.344 e. The zero-order valence-corrected chi connectivity index (χ0v) is 20.6. The summed E-state index contributed by atoms with van der Waals surface area (Å²) in [6.45, 7) is 0. The summed E-state index contributed by atoms with van der Waals surface area (Å²) in [5, 5.41) is 2.05. The van der Waals surface area contributed by atoms with E-state index in [1.165, 1.54) is 0 Å². The number of nitrogens with zero attached hydrogens (tertiary/aromatic N) is 2. The third kappa shape index (κ3) is 4.34. The SMILES string of the molecule is O=C(Oc1nc2c(c(Cl)cc3cccnc32)c(Cl)c1OC1CCCC1)c1ccccc1.[Pt]. The molecule has 1 fully saturated rings. The van der Waals surface area contributed by atoms with Crippen LogP contribution in [0.2, 0.25) is 10.0 Å². The molecule has 0 aliphatic heterocycles. The first-order valence-corrected chi connectivity index (χ1v) is 10.9. The molecule has 0 spiro atoms. The van der Waals surface area contributed by atoms with E-state index in [2.05, 4.69) is 9.97 Å². The zero-order chi connectivity index (χ0) is 21.4. The van der Waals surface area contributed by atoms with Crippen LogP contribution in [0.3, 0.4) is 0 Å². The molecule has 1 aliphatic carbocycles. The van der Waals surface area contributed by atoms with Gasteiger partial charge in [-0.05, 0) is 49.9 Å². The van der Waals surface area contributed by atoms with E-state index in [1.807, 2.05) is 18.2 Å². The molecular formula is C24H18Cl2N2O3Pt. The molecule has 4 aromatic rings. The predicted molar refractivity (Wildman–Crippen MR) is 121 cm³/mol. The number of carbonyl (C=O) groups excluding carboxylic acids is 1.